The van der Waals surface area contributed by atoms with Crippen molar-refractivity contribution in [2.75, 3.05) is 13.7 Å². The number of esters is 1. The third-order valence-electron chi connectivity index (χ3n) is 4.86. The lowest BCUT2D eigenvalue weighted by Crippen LogP contribution is -2.20. The van der Waals surface area contributed by atoms with Gasteiger partial charge >= 0.3 is 11.7 Å². The summed E-state index contributed by atoms with van der Waals surface area (Å²) >= 11 is 0. The van der Waals surface area contributed by atoms with Gasteiger partial charge in [0.05, 0.1) is 29.2 Å². The van der Waals surface area contributed by atoms with Crippen LogP contribution in [0.2, 0.25) is 0 Å². The van der Waals surface area contributed by atoms with Crippen molar-refractivity contribution in [3.63, 3.8) is 0 Å². The highest BCUT2D eigenvalue weighted by atomic mass is 16.6. The Morgan fingerprint density at radius 3 is 2.59 bits per heavy atom. The Bertz CT molecular complexity index is 1460. The molecule has 0 aliphatic heterocycles. The number of aromatic nitrogens is 2. The van der Waals surface area contributed by atoms with E-state index in [1.165, 1.54) is 31.5 Å². The van der Waals surface area contributed by atoms with E-state index in [9.17, 15) is 19.7 Å². The number of carbonyl (C=O) groups is 1. The maximum Gasteiger partial charge on any atom is 0.343 e. The second-order valence-corrected chi connectivity index (χ2v) is 7.03. The standard InChI is InChI=1S/C24H18N4O6/c1-33-22(29)15-34-21-12-11-16(13-20(21)28(31)32)14-25-27-23(17-7-3-2-4-8-17)26-19-10-6-5-9-18(19)24(27)30/h2-14H,15H2,1H3. The van der Waals surface area contributed by atoms with Crippen LogP contribution in [0.4, 0.5) is 5.69 Å². The van der Waals surface area contributed by atoms with Gasteiger partial charge in [0.1, 0.15) is 0 Å². The number of carbonyl (C=O) groups excluding carboxylic acids is 1. The van der Waals surface area contributed by atoms with Gasteiger partial charge in [-0.3, -0.25) is 14.9 Å². The smallest absolute Gasteiger partial charge is 0.343 e. The van der Waals surface area contributed by atoms with Crippen LogP contribution in [0.5, 0.6) is 5.75 Å². The van der Waals surface area contributed by atoms with Crippen molar-refractivity contribution in [3.05, 3.63) is 98.8 Å². The lowest BCUT2D eigenvalue weighted by molar-refractivity contribution is -0.385. The first-order valence-electron chi connectivity index (χ1n) is 10.1. The largest absolute Gasteiger partial charge is 0.475 e. The lowest BCUT2D eigenvalue weighted by atomic mass is 10.2. The average Bonchev–Trinajstić information content (AvgIpc) is 2.87. The molecule has 0 amide bonds. The zero-order valence-corrected chi connectivity index (χ0v) is 18.0. The van der Waals surface area contributed by atoms with Gasteiger partial charge in [0.25, 0.3) is 5.56 Å². The molecule has 34 heavy (non-hydrogen) atoms. The minimum Gasteiger partial charge on any atom is -0.475 e. The summed E-state index contributed by atoms with van der Waals surface area (Å²) in [6.07, 6.45) is 1.32. The van der Waals surface area contributed by atoms with Crippen LogP contribution in [0.25, 0.3) is 22.3 Å². The predicted molar refractivity (Wildman–Crippen MR) is 125 cm³/mol. The number of ether oxygens (including phenoxy) is 2. The first-order valence-corrected chi connectivity index (χ1v) is 10.1. The van der Waals surface area contributed by atoms with Gasteiger partial charge in [-0.1, -0.05) is 42.5 Å². The summed E-state index contributed by atoms with van der Waals surface area (Å²) < 4.78 is 10.8. The molecule has 0 spiro atoms. The molecule has 1 aromatic heterocycles. The summed E-state index contributed by atoms with van der Waals surface area (Å²) in [6.45, 7) is -0.469. The minimum absolute atomic E-state index is 0.0953. The normalized spacial score (nSPS) is 11.0. The number of hydrogen-bond acceptors (Lipinski definition) is 8. The van der Waals surface area contributed by atoms with Crippen LogP contribution in [0.15, 0.2) is 82.7 Å². The topological polar surface area (TPSA) is 126 Å². The van der Waals surface area contributed by atoms with Crippen molar-refractivity contribution >= 4 is 28.8 Å². The Morgan fingerprint density at radius 1 is 1.12 bits per heavy atom. The average molecular weight is 458 g/mol. The monoisotopic (exact) mass is 458 g/mol. The Hall–Kier alpha value is -4.86. The predicted octanol–water partition coefficient (Wildman–Crippen LogP) is 3.41. The molecule has 0 bridgehead atoms. The lowest BCUT2D eigenvalue weighted by Gasteiger charge is -2.09. The fourth-order valence-corrected chi connectivity index (χ4v) is 3.20. The van der Waals surface area contributed by atoms with Crippen molar-refractivity contribution in [3.8, 4) is 17.1 Å². The Balaban J connectivity index is 1.77. The molecule has 0 radical (unpaired) electrons. The molecule has 0 N–H and O–H groups in total. The van der Waals surface area contributed by atoms with Crippen molar-refractivity contribution in [1.29, 1.82) is 0 Å². The summed E-state index contributed by atoms with van der Waals surface area (Å²) in [5.41, 5.74) is 0.810. The zero-order chi connectivity index (χ0) is 24.1. The second kappa shape index (κ2) is 9.74. The molecular weight excluding hydrogens is 440 g/mol. The van der Waals surface area contributed by atoms with Gasteiger partial charge in [-0.05, 0) is 24.3 Å². The first-order chi connectivity index (χ1) is 16.5. The molecule has 0 aliphatic carbocycles. The highest BCUT2D eigenvalue weighted by Gasteiger charge is 2.17. The molecule has 4 rings (SSSR count). The minimum atomic E-state index is -0.670. The number of rotatable bonds is 7. The van der Waals surface area contributed by atoms with Gasteiger partial charge in [-0.25, -0.2) is 9.78 Å². The van der Waals surface area contributed by atoms with E-state index in [0.717, 1.165) is 4.68 Å². The first kappa shape index (κ1) is 22.3. The van der Waals surface area contributed by atoms with Crippen LogP contribution in [-0.4, -0.2) is 40.5 Å². The molecule has 0 unspecified atom stereocenters. The maximum atomic E-state index is 13.2. The van der Waals surface area contributed by atoms with Gasteiger partial charge in [0, 0.05) is 17.2 Å². The van der Waals surface area contributed by atoms with Gasteiger partial charge in [0.2, 0.25) is 0 Å². The number of nitro benzene ring substituents is 1. The highest BCUT2D eigenvalue weighted by molar-refractivity contribution is 5.83. The van der Waals surface area contributed by atoms with E-state index in [1.54, 1.807) is 36.4 Å². The van der Waals surface area contributed by atoms with E-state index >= 15 is 0 Å². The summed E-state index contributed by atoms with van der Waals surface area (Å²) in [7, 11) is 1.19. The van der Waals surface area contributed by atoms with Crippen LogP contribution in [-0.2, 0) is 9.53 Å². The molecule has 3 aromatic carbocycles. The Morgan fingerprint density at radius 2 is 1.85 bits per heavy atom. The zero-order valence-electron chi connectivity index (χ0n) is 18.0. The third-order valence-corrected chi connectivity index (χ3v) is 4.86. The third kappa shape index (κ3) is 4.65. The molecule has 0 atom stereocenters. The van der Waals surface area contributed by atoms with Crippen molar-refractivity contribution in [2.45, 2.75) is 0 Å². The van der Waals surface area contributed by atoms with Gasteiger partial charge < -0.3 is 9.47 Å². The number of nitro groups is 1. The molecule has 10 nitrogen and oxygen atoms in total. The molecule has 1 heterocycles. The summed E-state index contributed by atoms with van der Waals surface area (Å²) in [5, 5.41) is 16.2. The highest BCUT2D eigenvalue weighted by Crippen LogP contribution is 2.27. The summed E-state index contributed by atoms with van der Waals surface area (Å²) in [5.74, 6) is -0.438. The van der Waals surface area contributed by atoms with Crippen LogP contribution in [0.3, 0.4) is 0 Å². The van der Waals surface area contributed by atoms with Gasteiger partial charge in [0.15, 0.2) is 18.2 Å². The molecule has 0 saturated heterocycles. The van der Waals surface area contributed by atoms with Gasteiger partial charge in [-0.2, -0.15) is 9.78 Å². The molecule has 0 saturated carbocycles. The van der Waals surface area contributed by atoms with Crippen molar-refractivity contribution < 1.29 is 19.2 Å². The van der Waals surface area contributed by atoms with Crippen LogP contribution < -0.4 is 10.3 Å². The second-order valence-electron chi connectivity index (χ2n) is 7.03. The fourth-order valence-electron chi connectivity index (χ4n) is 3.20. The molecule has 10 heteroatoms. The van der Waals surface area contributed by atoms with Gasteiger partial charge in [-0.15, -0.1) is 0 Å². The van der Waals surface area contributed by atoms with Crippen LogP contribution in [0, 0.1) is 10.1 Å². The number of para-hydroxylation sites is 1. The van der Waals surface area contributed by atoms with Crippen molar-refractivity contribution in [1.82, 2.24) is 9.66 Å². The number of nitrogens with zero attached hydrogens (tertiary/aromatic N) is 4. The molecular formula is C24H18N4O6. The van der Waals surface area contributed by atoms with E-state index in [0.29, 0.717) is 27.9 Å². The fraction of sp³-hybridized carbons (Fsp3) is 0.0833. The van der Waals surface area contributed by atoms with Crippen LogP contribution >= 0.6 is 0 Å². The van der Waals surface area contributed by atoms with E-state index < -0.39 is 17.5 Å². The van der Waals surface area contributed by atoms with E-state index in [1.807, 2.05) is 18.2 Å². The number of benzene rings is 3. The quantitative estimate of drug-likeness (QED) is 0.180. The molecule has 4 aromatic rings. The van der Waals surface area contributed by atoms with Crippen LogP contribution in [0.1, 0.15) is 5.56 Å². The van der Waals surface area contributed by atoms with E-state index in [4.69, 9.17) is 4.74 Å². The summed E-state index contributed by atoms with van der Waals surface area (Å²) in [4.78, 5) is 39.9. The SMILES string of the molecule is COC(=O)COc1ccc(C=Nn2c(-c3ccccc3)nc3ccccc3c2=O)cc1[N+](=O)[O-]. The number of hydrogen-bond donors (Lipinski definition) is 0. The molecule has 0 aliphatic rings. The number of methoxy groups -OCH3 is 1. The Kier molecular flexibility index (Phi) is 6.40. The summed E-state index contributed by atoms with van der Waals surface area (Å²) in [6, 6.07) is 20.1. The van der Waals surface area contributed by atoms with Crippen molar-refractivity contribution in [2.24, 2.45) is 5.10 Å². The maximum absolute atomic E-state index is 13.2. The Labute approximate surface area is 192 Å². The molecule has 0 fully saturated rings. The molecule has 170 valence electrons. The van der Waals surface area contributed by atoms with E-state index in [-0.39, 0.29) is 17.0 Å². The number of fused-ring (bicyclic) bond motifs is 1. The van der Waals surface area contributed by atoms with E-state index in [2.05, 4.69) is 14.8 Å².